The fourth-order valence-electron chi connectivity index (χ4n) is 2.35. The maximum atomic E-state index is 13.8. The molecule has 1 saturated heterocycles. The lowest BCUT2D eigenvalue weighted by molar-refractivity contribution is 0.458. The minimum atomic E-state index is -4.16. The van der Waals surface area contributed by atoms with Crippen molar-refractivity contribution in [1.29, 1.82) is 0 Å². The number of hydrogen-bond donors (Lipinski definition) is 2. The van der Waals surface area contributed by atoms with Gasteiger partial charge in [0.15, 0.2) is 9.84 Å². The van der Waals surface area contributed by atoms with Crippen molar-refractivity contribution < 1.29 is 21.2 Å². The van der Waals surface area contributed by atoms with E-state index in [0.717, 1.165) is 12.1 Å². The van der Waals surface area contributed by atoms with Gasteiger partial charge < -0.3 is 5.73 Å². The summed E-state index contributed by atoms with van der Waals surface area (Å²) in [6.07, 6.45) is 0.159. The second-order valence-corrected chi connectivity index (χ2v) is 9.31. The topological polar surface area (TPSA) is 106 Å². The van der Waals surface area contributed by atoms with Gasteiger partial charge in [-0.3, -0.25) is 0 Å². The second-order valence-electron chi connectivity index (χ2n) is 5.48. The first-order valence-corrected chi connectivity index (χ1v) is 9.60. The Balaban J connectivity index is 2.35. The molecule has 0 bridgehead atoms. The van der Waals surface area contributed by atoms with Gasteiger partial charge in [0.25, 0.3) is 0 Å². The van der Waals surface area contributed by atoms with Gasteiger partial charge in [-0.05, 0) is 31.0 Å². The molecule has 1 fully saturated rings. The Labute approximate surface area is 123 Å². The molecule has 1 unspecified atom stereocenters. The van der Waals surface area contributed by atoms with Gasteiger partial charge in [-0.15, -0.1) is 0 Å². The molecule has 0 aliphatic carbocycles. The van der Waals surface area contributed by atoms with E-state index < -0.39 is 36.1 Å². The van der Waals surface area contributed by atoms with E-state index in [1.807, 2.05) is 0 Å². The maximum absolute atomic E-state index is 13.8. The predicted molar refractivity (Wildman–Crippen MR) is 76.3 cm³/mol. The molecule has 3 N–H and O–H groups in total. The van der Waals surface area contributed by atoms with E-state index in [1.165, 1.54) is 13.0 Å². The smallest absolute Gasteiger partial charge is 0.244 e. The van der Waals surface area contributed by atoms with E-state index in [4.69, 9.17) is 5.73 Å². The van der Waals surface area contributed by atoms with Crippen molar-refractivity contribution >= 4 is 19.9 Å². The number of nitrogens with two attached hydrogens (primary N) is 1. The van der Waals surface area contributed by atoms with Crippen molar-refractivity contribution in [2.45, 2.75) is 30.3 Å². The van der Waals surface area contributed by atoms with E-state index in [0.29, 0.717) is 5.56 Å². The zero-order valence-corrected chi connectivity index (χ0v) is 13.1. The van der Waals surface area contributed by atoms with Crippen molar-refractivity contribution in [3.8, 4) is 0 Å². The molecule has 0 spiro atoms. The zero-order valence-electron chi connectivity index (χ0n) is 11.5. The molecule has 0 amide bonds. The number of rotatable bonds is 4. The van der Waals surface area contributed by atoms with Gasteiger partial charge in [0.1, 0.15) is 10.7 Å². The standard InChI is InChI=1S/C12H17FN2O4S2/c1-12(4-5-20(16,17)8-12)15-21(18,19)11-6-9(7-14)2-3-10(11)13/h2-3,6,15H,4-5,7-8,14H2,1H3. The first-order valence-electron chi connectivity index (χ1n) is 6.30. The molecule has 1 aromatic carbocycles. The van der Waals surface area contributed by atoms with Crippen LogP contribution in [0.15, 0.2) is 23.1 Å². The average Bonchev–Trinajstić information content (AvgIpc) is 2.62. The lowest BCUT2D eigenvalue weighted by Gasteiger charge is -2.23. The summed E-state index contributed by atoms with van der Waals surface area (Å²) in [6.45, 7) is 1.58. The van der Waals surface area contributed by atoms with Crippen molar-refractivity contribution in [2.24, 2.45) is 5.73 Å². The number of sulfonamides is 1. The van der Waals surface area contributed by atoms with E-state index in [-0.39, 0.29) is 24.5 Å². The Bertz CT molecular complexity index is 761. The molecule has 1 heterocycles. The number of halogens is 1. The summed E-state index contributed by atoms with van der Waals surface area (Å²) < 4.78 is 63.7. The Morgan fingerprint density at radius 1 is 1.43 bits per heavy atom. The molecule has 0 radical (unpaired) electrons. The van der Waals surface area contributed by atoms with Crippen molar-refractivity contribution in [3.05, 3.63) is 29.6 Å². The zero-order chi connectivity index (χ0) is 15.9. The van der Waals surface area contributed by atoms with Crippen molar-refractivity contribution in [3.63, 3.8) is 0 Å². The highest BCUT2D eigenvalue weighted by molar-refractivity contribution is 7.92. The van der Waals surface area contributed by atoms with Crippen LogP contribution >= 0.6 is 0 Å². The molecular weight excluding hydrogens is 319 g/mol. The Hall–Kier alpha value is -1.03. The highest BCUT2D eigenvalue weighted by Crippen LogP contribution is 2.26. The summed E-state index contributed by atoms with van der Waals surface area (Å²) in [5, 5.41) is 0. The van der Waals surface area contributed by atoms with Crippen LogP contribution < -0.4 is 10.5 Å². The van der Waals surface area contributed by atoms with Gasteiger partial charge in [-0.2, -0.15) is 0 Å². The fraction of sp³-hybridized carbons (Fsp3) is 0.500. The minimum absolute atomic E-state index is 0.0778. The molecule has 2 rings (SSSR count). The first kappa shape index (κ1) is 16.3. The molecule has 0 saturated carbocycles. The number of benzene rings is 1. The lowest BCUT2D eigenvalue weighted by atomic mass is 10.0. The molecule has 9 heteroatoms. The van der Waals surface area contributed by atoms with Crippen LogP contribution in [0.25, 0.3) is 0 Å². The van der Waals surface area contributed by atoms with Gasteiger partial charge >= 0.3 is 0 Å². The summed E-state index contributed by atoms with van der Waals surface area (Å²) in [6, 6.07) is 3.59. The average molecular weight is 336 g/mol. The quantitative estimate of drug-likeness (QED) is 0.813. The van der Waals surface area contributed by atoms with Crippen molar-refractivity contribution in [2.75, 3.05) is 11.5 Å². The van der Waals surface area contributed by atoms with E-state index >= 15 is 0 Å². The molecule has 21 heavy (non-hydrogen) atoms. The minimum Gasteiger partial charge on any atom is -0.326 e. The van der Waals surface area contributed by atoms with Gasteiger partial charge in [0, 0.05) is 12.1 Å². The maximum Gasteiger partial charge on any atom is 0.244 e. The lowest BCUT2D eigenvalue weighted by Crippen LogP contribution is -2.47. The van der Waals surface area contributed by atoms with E-state index in [1.54, 1.807) is 0 Å². The number of hydrogen-bond acceptors (Lipinski definition) is 5. The predicted octanol–water partition coefficient (Wildman–Crippen LogP) is 0.140. The van der Waals surface area contributed by atoms with Crippen LogP contribution in [0.3, 0.4) is 0 Å². The van der Waals surface area contributed by atoms with Crippen LogP contribution in [0.4, 0.5) is 4.39 Å². The SMILES string of the molecule is CC1(NS(=O)(=O)c2cc(CN)ccc2F)CCS(=O)(=O)C1. The van der Waals surface area contributed by atoms with Gasteiger partial charge in [0.2, 0.25) is 10.0 Å². The van der Waals surface area contributed by atoms with Crippen LogP contribution in [0.5, 0.6) is 0 Å². The molecule has 1 aliphatic rings. The molecule has 6 nitrogen and oxygen atoms in total. The number of sulfone groups is 1. The molecule has 0 aromatic heterocycles. The molecular formula is C12H17FN2O4S2. The van der Waals surface area contributed by atoms with Crippen LogP contribution in [0, 0.1) is 5.82 Å². The Kier molecular flexibility index (Phi) is 4.13. The highest BCUT2D eigenvalue weighted by atomic mass is 32.2. The van der Waals surface area contributed by atoms with Crippen LogP contribution in [-0.2, 0) is 26.4 Å². The highest BCUT2D eigenvalue weighted by Gasteiger charge is 2.41. The second kappa shape index (κ2) is 5.31. The largest absolute Gasteiger partial charge is 0.326 e. The van der Waals surface area contributed by atoms with E-state index in [2.05, 4.69) is 4.72 Å². The molecule has 1 atom stereocenters. The van der Waals surface area contributed by atoms with Gasteiger partial charge in [0.05, 0.1) is 11.5 Å². The summed E-state index contributed by atoms with van der Waals surface area (Å²) in [5.74, 6) is -1.28. The molecule has 1 aliphatic heterocycles. The van der Waals surface area contributed by atoms with E-state index in [9.17, 15) is 21.2 Å². The van der Waals surface area contributed by atoms with Crippen molar-refractivity contribution in [1.82, 2.24) is 4.72 Å². The third-order valence-corrected chi connectivity index (χ3v) is 6.96. The first-order chi connectivity index (χ1) is 9.57. The Morgan fingerprint density at radius 3 is 2.62 bits per heavy atom. The van der Waals surface area contributed by atoms with Crippen LogP contribution in [0.2, 0.25) is 0 Å². The summed E-state index contributed by atoms with van der Waals surface area (Å²) >= 11 is 0. The van der Waals surface area contributed by atoms with Gasteiger partial charge in [-0.25, -0.2) is 25.9 Å². The third kappa shape index (κ3) is 3.60. The summed E-state index contributed by atoms with van der Waals surface area (Å²) in [4.78, 5) is -0.518. The number of nitrogens with one attached hydrogen (secondary N) is 1. The normalized spacial score (nSPS) is 25.1. The van der Waals surface area contributed by atoms with Crippen LogP contribution in [0.1, 0.15) is 18.9 Å². The molecule has 118 valence electrons. The third-order valence-electron chi connectivity index (χ3n) is 3.40. The molecule has 1 aromatic rings. The van der Waals surface area contributed by atoms with Gasteiger partial charge in [-0.1, -0.05) is 6.07 Å². The summed E-state index contributed by atoms with van der Waals surface area (Å²) in [5.41, 5.74) is 4.77. The van der Waals surface area contributed by atoms with Crippen LogP contribution in [-0.4, -0.2) is 33.9 Å². The monoisotopic (exact) mass is 336 g/mol. The summed E-state index contributed by atoms with van der Waals surface area (Å²) in [7, 11) is -7.43. The Morgan fingerprint density at radius 2 is 2.10 bits per heavy atom. The fourth-order valence-corrected chi connectivity index (χ4v) is 6.10.